The summed E-state index contributed by atoms with van der Waals surface area (Å²) in [6, 6.07) is 6.57. The van der Waals surface area contributed by atoms with Crippen LogP contribution in [0, 0.1) is 0 Å². The van der Waals surface area contributed by atoms with Crippen molar-refractivity contribution in [3.63, 3.8) is 0 Å². The smallest absolute Gasteiger partial charge is 0.119 e. The third-order valence-electron chi connectivity index (χ3n) is 3.78. The molecule has 2 heteroatoms. The molecule has 0 amide bonds. The van der Waals surface area contributed by atoms with Gasteiger partial charge in [0.2, 0.25) is 0 Å². The van der Waals surface area contributed by atoms with E-state index >= 15 is 0 Å². The van der Waals surface area contributed by atoms with Gasteiger partial charge in [-0.05, 0) is 56.0 Å². The molecule has 0 bridgehead atoms. The lowest BCUT2D eigenvalue weighted by atomic mass is 9.85. The van der Waals surface area contributed by atoms with E-state index in [-0.39, 0.29) is 0 Å². The van der Waals surface area contributed by atoms with Gasteiger partial charge in [0, 0.05) is 6.04 Å². The molecular weight excluding hydrogens is 186 g/mol. The highest BCUT2D eigenvalue weighted by Gasteiger charge is 2.29. The number of likely N-dealkylation sites (tertiary alicyclic amines) is 1. The van der Waals surface area contributed by atoms with Gasteiger partial charge >= 0.3 is 0 Å². The summed E-state index contributed by atoms with van der Waals surface area (Å²) in [4.78, 5) is 2.54. The number of fused-ring (bicyclic) bond motifs is 1. The van der Waals surface area contributed by atoms with Gasteiger partial charge in [-0.25, -0.2) is 0 Å². The highest BCUT2D eigenvalue weighted by molar-refractivity contribution is 5.42. The first-order valence-corrected chi connectivity index (χ1v) is 5.91. The first-order chi connectivity index (χ1) is 7.36. The van der Waals surface area contributed by atoms with Crippen LogP contribution in [0.25, 0.3) is 0 Å². The first kappa shape index (κ1) is 9.22. The molecule has 1 aromatic rings. The molecule has 0 radical (unpaired) electrons. The summed E-state index contributed by atoms with van der Waals surface area (Å²) in [5, 5.41) is 9.83. The molecule has 1 heterocycles. The van der Waals surface area contributed by atoms with Crippen molar-refractivity contribution in [1.82, 2.24) is 4.90 Å². The van der Waals surface area contributed by atoms with Crippen LogP contribution >= 0.6 is 0 Å². The van der Waals surface area contributed by atoms with E-state index < -0.39 is 0 Å². The monoisotopic (exact) mass is 203 g/mol. The van der Waals surface area contributed by atoms with Crippen LogP contribution in [0.15, 0.2) is 18.2 Å². The standard InChI is InChI=1S/C13H17NO/c15-13-7-2-4-10-11(13)5-1-6-12(10)14-8-3-9-14/h2,4,7,12,15H,1,3,5-6,8-9H2. The second-order valence-electron chi connectivity index (χ2n) is 4.64. The number of nitrogens with zero attached hydrogens (tertiary/aromatic N) is 1. The average Bonchev–Trinajstić information content (AvgIpc) is 2.17. The van der Waals surface area contributed by atoms with E-state index in [1.807, 2.05) is 12.1 Å². The molecule has 1 atom stereocenters. The number of benzene rings is 1. The molecule has 0 aromatic heterocycles. The number of aromatic hydroxyl groups is 1. The minimum absolute atomic E-state index is 0.498. The average molecular weight is 203 g/mol. The zero-order valence-electron chi connectivity index (χ0n) is 8.95. The lowest BCUT2D eigenvalue weighted by Gasteiger charge is -2.41. The van der Waals surface area contributed by atoms with E-state index in [0.29, 0.717) is 11.8 Å². The summed E-state index contributed by atoms with van der Waals surface area (Å²) in [5.74, 6) is 0.498. The zero-order valence-corrected chi connectivity index (χ0v) is 8.95. The highest BCUT2D eigenvalue weighted by atomic mass is 16.3. The fraction of sp³-hybridized carbons (Fsp3) is 0.538. The van der Waals surface area contributed by atoms with E-state index in [1.165, 1.54) is 43.5 Å². The van der Waals surface area contributed by atoms with E-state index in [1.54, 1.807) is 0 Å². The normalized spacial score (nSPS) is 25.7. The number of rotatable bonds is 1. The van der Waals surface area contributed by atoms with Crippen molar-refractivity contribution in [3.8, 4) is 5.75 Å². The fourth-order valence-corrected chi connectivity index (χ4v) is 2.84. The number of hydrogen-bond donors (Lipinski definition) is 1. The Hall–Kier alpha value is -1.02. The van der Waals surface area contributed by atoms with Crippen LogP contribution in [0.1, 0.15) is 36.4 Å². The maximum absolute atomic E-state index is 9.83. The lowest BCUT2D eigenvalue weighted by Crippen LogP contribution is -2.41. The summed E-state index contributed by atoms with van der Waals surface area (Å²) < 4.78 is 0. The van der Waals surface area contributed by atoms with Crippen LogP contribution < -0.4 is 0 Å². The molecule has 0 saturated carbocycles. The maximum Gasteiger partial charge on any atom is 0.119 e. The quantitative estimate of drug-likeness (QED) is 0.758. The third-order valence-corrected chi connectivity index (χ3v) is 3.78. The molecule has 0 spiro atoms. The van der Waals surface area contributed by atoms with E-state index in [9.17, 15) is 5.11 Å². The van der Waals surface area contributed by atoms with Crippen LogP contribution in [-0.2, 0) is 6.42 Å². The van der Waals surface area contributed by atoms with Gasteiger partial charge in [-0.3, -0.25) is 4.90 Å². The lowest BCUT2D eigenvalue weighted by molar-refractivity contribution is 0.105. The molecule has 1 unspecified atom stereocenters. The van der Waals surface area contributed by atoms with E-state index in [2.05, 4.69) is 11.0 Å². The molecule has 80 valence electrons. The van der Waals surface area contributed by atoms with Crippen LogP contribution in [0.2, 0.25) is 0 Å². The fourth-order valence-electron chi connectivity index (χ4n) is 2.84. The molecule has 15 heavy (non-hydrogen) atoms. The molecule has 2 nitrogen and oxygen atoms in total. The third kappa shape index (κ3) is 1.44. The zero-order chi connectivity index (χ0) is 10.3. The Morgan fingerprint density at radius 2 is 2.07 bits per heavy atom. The Morgan fingerprint density at radius 3 is 2.80 bits per heavy atom. The van der Waals surface area contributed by atoms with Crippen molar-refractivity contribution in [1.29, 1.82) is 0 Å². The van der Waals surface area contributed by atoms with Gasteiger partial charge in [-0.1, -0.05) is 12.1 Å². The van der Waals surface area contributed by atoms with Crippen molar-refractivity contribution in [2.75, 3.05) is 13.1 Å². The van der Waals surface area contributed by atoms with Crippen molar-refractivity contribution in [2.45, 2.75) is 31.7 Å². The Kier molecular flexibility index (Phi) is 2.17. The van der Waals surface area contributed by atoms with Crippen molar-refractivity contribution in [3.05, 3.63) is 29.3 Å². The first-order valence-electron chi connectivity index (χ1n) is 5.91. The van der Waals surface area contributed by atoms with Crippen molar-refractivity contribution >= 4 is 0 Å². The van der Waals surface area contributed by atoms with Gasteiger partial charge in [0.1, 0.15) is 5.75 Å². The molecular formula is C13H17NO. The summed E-state index contributed by atoms with van der Waals surface area (Å²) in [7, 11) is 0. The Labute approximate surface area is 90.5 Å². The molecule has 1 aromatic carbocycles. The second kappa shape index (κ2) is 3.53. The van der Waals surface area contributed by atoms with Crippen LogP contribution in [0.3, 0.4) is 0 Å². The molecule has 1 saturated heterocycles. The molecule has 1 aliphatic heterocycles. The van der Waals surface area contributed by atoms with Crippen molar-refractivity contribution < 1.29 is 5.11 Å². The predicted octanol–water partition coefficient (Wildman–Crippen LogP) is 2.48. The van der Waals surface area contributed by atoms with Gasteiger partial charge in [-0.15, -0.1) is 0 Å². The molecule has 1 aliphatic carbocycles. The Morgan fingerprint density at radius 1 is 1.20 bits per heavy atom. The van der Waals surface area contributed by atoms with E-state index in [0.717, 1.165) is 6.42 Å². The summed E-state index contributed by atoms with van der Waals surface area (Å²) >= 11 is 0. The summed E-state index contributed by atoms with van der Waals surface area (Å²) in [6.45, 7) is 2.47. The Balaban J connectivity index is 1.98. The van der Waals surface area contributed by atoms with Gasteiger partial charge in [-0.2, -0.15) is 0 Å². The molecule has 1 fully saturated rings. The van der Waals surface area contributed by atoms with Gasteiger partial charge in [0.25, 0.3) is 0 Å². The van der Waals surface area contributed by atoms with Crippen LogP contribution in [0.5, 0.6) is 5.75 Å². The predicted molar refractivity (Wildman–Crippen MR) is 60.0 cm³/mol. The number of phenols is 1. The summed E-state index contributed by atoms with van der Waals surface area (Å²) in [6.07, 6.45) is 4.86. The van der Waals surface area contributed by atoms with Crippen LogP contribution in [0.4, 0.5) is 0 Å². The number of hydrogen-bond acceptors (Lipinski definition) is 2. The largest absolute Gasteiger partial charge is 0.508 e. The number of phenolic OH excluding ortho intramolecular Hbond substituents is 1. The minimum atomic E-state index is 0.498. The van der Waals surface area contributed by atoms with E-state index in [4.69, 9.17) is 0 Å². The van der Waals surface area contributed by atoms with Gasteiger partial charge in [0.15, 0.2) is 0 Å². The van der Waals surface area contributed by atoms with Crippen LogP contribution in [-0.4, -0.2) is 23.1 Å². The van der Waals surface area contributed by atoms with Gasteiger partial charge in [0.05, 0.1) is 0 Å². The molecule has 2 aliphatic rings. The van der Waals surface area contributed by atoms with Gasteiger partial charge < -0.3 is 5.11 Å². The summed E-state index contributed by atoms with van der Waals surface area (Å²) in [5.41, 5.74) is 2.57. The minimum Gasteiger partial charge on any atom is -0.508 e. The maximum atomic E-state index is 9.83. The van der Waals surface area contributed by atoms with Crippen molar-refractivity contribution in [2.24, 2.45) is 0 Å². The SMILES string of the molecule is Oc1cccc2c1CCCC2N1CCC1. The molecule has 1 N–H and O–H groups in total. The Bertz CT molecular complexity index is 371. The topological polar surface area (TPSA) is 23.5 Å². The highest BCUT2D eigenvalue weighted by Crippen LogP contribution is 2.39. The second-order valence-corrected chi connectivity index (χ2v) is 4.64. The molecule has 3 rings (SSSR count).